The molecule has 0 N–H and O–H groups in total. The third-order valence-corrected chi connectivity index (χ3v) is 4.28. The van der Waals surface area contributed by atoms with E-state index in [1.807, 2.05) is 20.8 Å². The largest absolute Gasteiger partial charge is 0.375 e. The number of Topliss-reactive ketones (excluding diaryl/α,β-unsaturated/α-hetero) is 1. The SMILES string of the molecule is Cc1cc(F)ccc1CC(=O)C1C(C)OC(C)C1C. The second-order valence-corrected chi connectivity index (χ2v) is 5.65. The van der Waals surface area contributed by atoms with Crippen LogP contribution in [0.4, 0.5) is 4.39 Å². The first-order valence-corrected chi connectivity index (χ1v) is 6.83. The number of benzene rings is 1. The van der Waals surface area contributed by atoms with Gasteiger partial charge in [-0.15, -0.1) is 0 Å². The van der Waals surface area contributed by atoms with E-state index < -0.39 is 0 Å². The topological polar surface area (TPSA) is 26.3 Å². The molecule has 4 atom stereocenters. The van der Waals surface area contributed by atoms with Crippen molar-refractivity contribution >= 4 is 5.78 Å². The third-order valence-electron chi connectivity index (χ3n) is 4.28. The molecule has 0 radical (unpaired) electrons. The number of rotatable bonds is 3. The van der Waals surface area contributed by atoms with Gasteiger partial charge < -0.3 is 4.74 Å². The van der Waals surface area contributed by atoms with E-state index in [1.54, 1.807) is 6.07 Å². The minimum absolute atomic E-state index is 0.0294. The van der Waals surface area contributed by atoms with Gasteiger partial charge in [0, 0.05) is 12.3 Å². The van der Waals surface area contributed by atoms with Gasteiger partial charge in [0.15, 0.2) is 0 Å². The number of hydrogen-bond donors (Lipinski definition) is 0. The van der Waals surface area contributed by atoms with Crippen molar-refractivity contribution in [1.82, 2.24) is 0 Å². The molecule has 1 saturated heterocycles. The lowest BCUT2D eigenvalue weighted by Gasteiger charge is -2.17. The van der Waals surface area contributed by atoms with Crippen molar-refractivity contribution in [2.75, 3.05) is 0 Å². The molecule has 1 fully saturated rings. The number of ether oxygens (including phenoxy) is 1. The first-order valence-electron chi connectivity index (χ1n) is 6.83. The summed E-state index contributed by atoms with van der Waals surface area (Å²) < 4.78 is 18.8. The molecule has 0 bridgehead atoms. The van der Waals surface area contributed by atoms with E-state index in [9.17, 15) is 9.18 Å². The van der Waals surface area contributed by atoms with E-state index in [4.69, 9.17) is 4.74 Å². The van der Waals surface area contributed by atoms with Gasteiger partial charge in [0.2, 0.25) is 0 Å². The highest BCUT2D eigenvalue weighted by atomic mass is 19.1. The van der Waals surface area contributed by atoms with Gasteiger partial charge in [0.05, 0.1) is 12.2 Å². The summed E-state index contributed by atoms with van der Waals surface area (Å²) in [6.45, 7) is 7.87. The molecule has 0 amide bonds. The van der Waals surface area contributed by atoms with Crippen LogP contribution in [0, 0.1) is 24.6 Å². The Morgan fingerprint density at radius 3 is 2.47 bits per heavy atom. The molecule has 1 heterocycles. The zero-order chi connectivity index (χ0) is 14.2. The molecule has 2 rings (SSSR count). The Bertz CT molecular complexity index is 484. The van der Waals surface area contributed by atoms with E-state index in [2.05, 4.69) is 6.92 Å². The molecule has 0 spiro atoms. The van der Waals surface area contributed by atoms with Crippen molar-refractivity contribution in [3.8, 4) is 0 Å². The van der Waals surface area contributed by atoms with Crippen LogP contribution in [-0.2, 0) is 16.0 Å². The summed E-state index contributed by atoms with van der Waals surface area (Å²) in [5.74, 6) is 0.120. The lowest BCUT2D eigenvalue weighted by molar-refractivity contribution is -0.124. The van der Waals surface area contributed by atoms with Crippen LogP contribution in [0.25, 0.3) is 0 Å². The summed E-state index contributed by atoms with van der Waals surface area (Å²) in [5, 5.41) is 0. The lowest BCUT2D eigenvalue weighted by atomic mass is 9.83. The Balaban J connectivity index is 2.13. The van der Waals surface area contributed by atoms with E-state index >= 15 is 0 Å². The van der Waals surface area contributed by atoms with Crippen LogP contribution in [0.2, 0.25) is 0 Å². The maximum atomic E-state index is 13.1. The predicted molar refractivity (Wildman–Crippen MR) is 72.5 cm³/mol. The Kier molecular flexibility index (Phi) is 4.04. The van der Waals surface area contributed by atoms with Crippen LogP contribution in [0.5, 0.6) is 0 Å². The highest BCUT2D eigenvalue weighted by Crippen LogP contribution is 2.33. The lowest BCUT2D eigenvalue weighted by Crippen LogP contribution is -2.28. The highest BCUT2D eigenvalue weighted by Gasteiger charge is 2.41. The van der Waals surface area contributed by atoms with E-state index in [0.29, 0.717) is 6.42 Å². The van der Waals surface area contributed by atoms with Crippen molar-refractivity contribution in [2.24, 2.45) is 11.8 Å². The smallest absolute Gasteiger partial charge is 0.143 e. The standard InChI is InChI=1S/C16H21FO2/c1-9-7-14(17)6-5-13(9)8-15(18)16-10(2)11(3)19-12(16)4/h5-7,10-12,16H,8H2,1-4H3. The van der Waals surface area contributed by atoms with Crippen LogP contribution in [-0.4, -0.2) is 18.0 Å². The minimum Gasteiger partial charge on any atom is -0.375 e. The van der Waals surface area contributed by atoms with Gasteiger partial charge in [0.25, 0.3) is 0 Å². The van der Waals surface area contributed by atoms with Gasteiger partial charge in [-0.05, 0) is 49.9 Å². The fraction of sp³-hybridized carbons (Fsp3) is 0.562. The molecule has 0 aromatic heterocycles. The summed E-state index contributed by atoms with van der Waals surface area (Å²) in [4.78, 5) is 12.4. The average Bonchev–Trinajstić information content (AvgIpc) is 2.57. The van der Waals surface area contributed by atoms with Crippen LogP contribution in [0.15, 0.2) is 18.2 Å². The van der Waals surface area contributed by atoms with Crippen LogP contribution < -0.4 is 0 Å². The molecule has 1 aliphatic heterocycles. The summed E-state index contributed by atoms with van der Waals surface area (Å²) >= 11 is 0. The van der Waals surface area contributed by atoms with Gasteiger partial charge in [0.1, 0.15) is 11.6 Å². The molecule has 3 heteroatoms. The molecular weight excluding hydrogens is 243 g/mol. The molecule has 19 heavy (non-hydrogen) atoms. The zero-order valence-corrected chi connectivity index (χ0v) is 11.9. The summed E-state index contributed by atoms with van der Waals surface area (Å²) in [6, 6.07) is 4.59. The average molecular weight is 264 g/mol. The molecule has 0 aliphatic carbocycles. The molecule has 1 aromatic carbocycles. The van der Waals surface area contributed by atoms with Gasteiger partial charge in [-0.2, -0.15) is 0 Å². The number of carbonyl (C=O) groups excluding carboxylic acids is 1. The van der Waals surface area contributed by atoms with Crippen LogP contribution in [0.1, 0.15) is 31.9 Å². The fourth-order valence-electron chi connectivity index (χ4n) is 2.98. The first-order chi connectivity index (χ1) is 8.90. The maximum Gasteiger partial charge on any atom is 0.143 e. The quantitative estimate of drug-likeness (QED) is 0.837. The van der Waals surface area contributed by atoms with Gasteiger partial charge in [-0.3, -0.25) is 4.79 Å². The van der Waals surface area contributed by atoms with Gasteiger partial charge >= 0.3 is 0 Å². The number of carbonyl (C=O) groups is 1. The molecular formula is C16H21FO2. The fourth-order valence-corrected chi connectivity index (χ4v) is 2.98. The Morgan fingerprint density at radius 2 is 1.95 bits per heavy atom. The minimum atomic E-state index is -0.256. The Morgan fingerprint density at radius 1 is 1.26 bits per heavy atom. The highest BCUT2D eigenvalue weighted by molar-refractivity contribution is 5.84. The molecule has 1 aromatic rings. The van der Waals surface area contributed by atoms with Crippen molar-refractivity contribution in [3.63, 3.8) is 0 Å². The number of ketones is 1. The predicted octanol–water partition coefficient (Wildman–Crippen LogP) is 3.31. The monoisotopic (exact) mass is 264 g/mol. The van der Waals surface area contributed by atoms with Crippen molar-refractivity contribution < 1.29 is 13.9 Å². The summed E-state index contributed by atoms with van der Waals surface area (Å²) in [7, 11) is 0. The summed E-state index contributed by atoms with van der Waals surface area (Å²) in [6.07, 6.45) is 0.457. The van der Waals surface area contributed by atoms with Gasteiger partial charge in [-0.25, -0.2) is 4.39 Å². The number of aryl methyl sites for hydroxylation is 1. The van der Waals surface area contributed by atoms with E-state index in [-0.39, 0.29) is 35.6 Å². The van der Waals surface area contributed by atoms with Gasteiger partial charge in [-0.1, -0.05) is 13.0 Å². The first kappa shape index (κ1) is 14.2. The number of hydrogen-bond acceptors (Lipinski definition) is 2. The van der Waals surface area contributed by atoms with E-state index in [0.717, 1.165) is 11.1 Å². The zero-order valence-electron chi connectivity index (χ0n) is 11.9. The van der Waals surface area contributed by atoms with Crippen molar-refractivity contribution in [2.45, 2.75) is 46.3 Å². The molecule has 4 unspecified atom stereocenters. The molecule has 0 saturated carbocycles. The summed E-state index contributed by atoms with van der Waals surface area (Å²) in [5.41, 5.74) is 1.74. The normalized spacial score (nSPS) is 30.6. The second-order valence-electron chi connectivity index (χ2n) is 5.65. The molecule has 104 valence electrons. The Hall–Kier alpha value is -1.22. The van der Waals surface area contributed by atoms with E-state index in [1.165, 1.54) is 12.1 Å². The van der Waals surface area contributed by atoms with Crippen LogP contribution in [0.3, 0.4) is 0 Å². The van der Waals surface area contributed by atoms with Crippen LogP contribution >= 0.6 is 0 Å². The second kappa shape index (κ2) is 5.41. The van der Waals surface area contributed by atoms with Crippen molar-refractivity contribution in [1.29, 1.82) is 0 Å². The maximum absolute atomic E-state index is 13.1. The number of halogens is 1. The molecule has 2 nitrogen and oxygen atoms in total. The Labute approximate surface area is 114 Å². The molecule has 1 aliphatic rings. The van der Waals surface area contributed by atoms with Crippen molar-refractivity contribution in [3.05, 3.63) is 35.1 Å². The third kappa shape index (κ3) is 2.86.